The maximum absolute atomic E-state index is 15.3. The number of benzene rings is 1. The minimum Gasteiger partial charge on any atom is -0.381 e. The number of amides is 1. The zero-order valence-electron chi connectivity index (χ0n) is 18.7. The average molecular weight is 427 g/mol. The minimum absolute atomic E-state index is 0.0909. The summed E-state index contributed by atoms with van der Waals surface area (Å²) in [4.78, 5) is 17.4. The lowest BCUT2D eigenvalue weighted by atomic mass is 9.73. The molecule has 1 aromatic carbocycles. The highest BCUT2D eigenvalue weighted by Gasteiger charge is 2.45. The molecule has 5 rings (SSSR count). The molecule has 1 aliphatic carbocycles. The molecule has 0 unspecified atom stereocenters. The number of rotatable bonds is 3. The molecule has 3 saturated heterocycles. The molecule has 4 nitrogen and oxygen atoms in total. The third-order valence-electron chi connectivity index (χ3n) is 8.22. The Labute approximate surface area is 185 Å². The molecule has 4 aliphatic rings. The smallest absolute Gasteiger partial charge is 0.233 e. The van der Waals surface area contributed by atoms with Crippen LogP contribution in [0, 0.1) is 23.1 Å². The SMILES string of the molecule is C[C@@H]1CCCC=C1[C@@H]1CCN(c2ccc(N3CCCC4(CCOCC4)C3=O)c(F)c2)C1. The molecule has 0 saturated carbocycles. The number of nitrogens with zero attached hydrogens (tertiary/aromatic N) is 2. The van der Waals surface area contributed by atoms with E-state index in [1.807, 2.05) is 12.1 Å². The summed E-state index contributed by atoms with van der Waals surface area (Å²) in [5, 5.41) is 0. The predicted molar refractivity (Wildman–Crippen MR) is 122 cm³/mol. The van der Waals surface area contributed by atoms with Crippen LogP contribution in [0.5, 0.6) is 0 Å². The molecule has 3 aliphatic heterocycles. The van der Waals surface area contributed by atoms with Crippen molar-refractivity contribution in [2.45, 2.75) is 58.3 Å². The van der Waals surface area contributed by atoms with Crippen molar-refractivity contribution in [3.63, 3.8) is 0 Å². The van der Waals surface area contributed by atoms with E-state index in [1.54, 1.807) is 16.5 Å². The van der Waals surface area contributed by atoms with Crippen LogP contribution in [0.2, 0.25) is 0 Å². The highest BCUT2D eigenvalue weighted by Crippen LogP contribution is 2.43. The van der Waals surface area contributed by atoms with Gasteiger partial charge in [-0.2, -0.15) is 0 Å². The Morgan fingerprint density at radius 2 is 1.94 bits per heavy atom. The summed E-state index contributed by atoms with van der Waals surface area (Å²) in [5.41, 5.74) is 2.65. The largest absolute Gasteiger partial charge is 0.381 e. The van der Waals surface area contributed by atoms with Crippen molar-refractivity contribution in [3.8, 4) is 0 Å². The Balaban J connectivity index is 1.31. The van der Waals surface area contributed by atoms with Crippen molar-refractivity contribution in [1.29, 1.82) is 0 Å². The van der Waals surface area contributed by atoms with E-state index in [1.165, 1.54) is 19.3 Å². The van der Waals surface area contributed by atoms with Crippen LogP contribution in [0.15, 0.2) is 29.8 Å². The van der Waals surface area contributed by atoms with Crippen LogP contribution in [-0.4, -0.2) is 38.8 Å². The molecule has 1 aromatic rings. The zero-order valence-corrected chi connectivity index (χ0v) is 18.7. The molecule has 3 fully saturated rings. The molecular weight excluding hydrogens is 391 g/mol. The first-order chi connectivity index (χ1) is 15.1. The van der Waals surface area contributed by atoms with E-state index >= 15 is 4.39 Å². The first-order valence-corrected chi connectivity index (χ1v) is 12.2. The minimum atomic E-state index is -0.353. The van der Waals surface area contributed by atoms with E-state index in [-0.39, 0.29) is 17.1 Å². The standard InChI is InChI=1S/C26H35FN2O2/c1-19-5-2-3-6-22(19)20-9-14-28(18-20)21-7-8-24(23(27)17-21)29-13-4-10-26(25(29)30)11-15-31-16-12-26/h6-8,17,19-20H,2-5,9-16,18H2,1H3/t19-,20-/m1/s1. The van der Waals surface area contributed by atoms with Gasteiger partial charge in [-0.25, -0.2) is 4.39 Å². The monoisotopic (exact) mass is 426 g/mol. The summed E-state index contributed by atoms with van der Waals surface area (Å²) in [5.74, 6) is 1.09. The summed E-state index contributed by atoms with van der Waals surface area (Å²) in [6.45, 7) is 6.16. The molecule has 0 bridgehead atoms. The van der Waals surface area contributed by atoms with Crippen molar-refractivity contribution in [1.82, 2.24) is 0 Å². The number of hydrogen-bond acceptors (Lipinski definition) is 3. The number of ether oxygens (including phenoxy) is 1. The number of hydrogen-bond donors (Lipinski definition) is 0. The molecule has 1 amide bonds. The lowest BCUT2D eigenvalue weighted by Crippen LogP contribution is -2.51. The van der Waals surface area contributed by atoms with E-state index in [0.29, 0.717) is 37.3 Å². The fourth-order valence-electron chi connectivity index (χ4n) is 6.33. The van der Waals surface area contributed by atoms with Crippen molar-refractivity contribution in [2.75, 3.05) is 42.6 Å². The molecule has 31 heavy (non-hydrogen) atoms. The number of allylic oxidation sites excluding steroid dienone is 1. The topological polar surface area (TPSA) is 32.8 Å². The van der Waals surface area contributed by atoms with Gasteiger partial charge in [0, 0.05) is 38.5 Å². The molecule has 0 N–H and O–H groups in total. The molecule has 168 valence electrons. The first-order valence-electron chi connectivity index (χ1n) is 12.2. The number of carbonyl (C=O) groups is 1. The van der Waals surface area contributed by atoms with Crippen molar-refractivity contribution in [3.05, 3.63) is 35.7 Å². The van der Waals surface area contributed by atoms with Crippen LogP contribution in [0.1, 0.15) is 58.3 Å². The molecular formula is C26H35FN2O2. The van der Waals surface area contributed by atoms with Gasteiger partial charge in [-0.15, -0.1) is 0 Å². The number of anilines is 2. The lowest BCUT2D eigenvalue weighted by molar-refractivity contribution is -0.136. The Hall–Kier alpha value is -1.88. The maximum Gasteiger partial charge on any atom is 0.233 e. The van der Waals surface area contributed by atoms with Crippen LogP contribution in [0.25, 0.3) is 0 Å². The van der Waals surface area contributed by atoms with Gasteiger partial charge in [0.15, 0.2) is 0 Å². The van der Waals surface area contributed by atoms with Crippen molar-refractivity contribution < 1.29 is 13.9 Å². The second-order valence-electron chi connectivity index (χ2n) is 10.1. The Bertz CT molecular complexity index is 855. The van der Waals surface area contributed by atoms with Gasteiger partial charge in [0.25, 0.3) is 0 Å². The van der Waals surface area contributed by atoms with E-state index in [0.717, 1.165) is 50.9 Å². The second kappa shape index (κ2) is 8.57. The van der Waals surface area contributed by atoms with Gasteiger partial charge >= 0.3 is 0 Å². The van der Waals surface area contributed by atoms with Crippen molar-refractivity contribution >= 4 is 17.3 Å². The van der Waals surface area contributed by atoms with E-state index in [9.17, 15) is 4.79 Å². The fraction of sp³-hybridized carbons (Fsp3) is 0.654. The first kappa shape index (κ1) is 21.0. The average Bonchev–Trinajstić information content (AvgIpc) is 3.27. The van der Waals surface area contributed by atoms with Crippen LogP contribution >= 0.6 is 0 Å². The zero-order chi connectivity index (χ0) is 21.4. The summed E-state index contributed by atoms with van der Waals surface area (Å²) in [6, 6.07) is 5.49. The normalized spacial score (nSPS) is 28.8. The number of halogens is 1. The molecule has 0 radical (unpaired) electrons. The van der Waals surface area contributed by atoms with Crippen LogP contribution in [0.4, 0.5) is 15.8 Å². The molecule has 1 spiro atoms. The Morgan fingerprint density at radius 3 is 2.71 bits per heavy atom. The molecule has 0 aromatic heterocycles. The van der Waals surface area contributed by atoms with Gasteiger partial charge in [0.05, 0.1) is 11.1 Å². The maximum atomic E-state index is 15.3. The molecule has 3 heterocycles. The van der Waals surface area contributed by atoms with E-state index in [4.69, 9.17) is 4.74 Å². The fourth-order valence-corrected chi connectivity index (χ4v) is 6.33. The number of carbonyl (C=O) groups excluding carboxylic acids is 1. The van der Waals surface area contributed by atoms with E-state index < -0.39 is 0 Å². The second-order valence-corrected chi connectivity index (χ2v) is 10.1. The summed E-state index contributed by atoms with van der Waals surface area (Å²) in [7, 11) is 0. The van der Waals surface area contributed by atoms with Gasteiger partial charge in [-0.05, 0) is 81.4 Å². The van der Waals surface area contributed by atoms with Gasteiger partial charge in [0.1, 0.15) is 5.82 Å². The third-order valence-corrected chi connectivity index (χ3v) is 8.22. The van der Waals surface area contributed by atoms with Crippen LogP contribution < -0.4 is 9.80 Å². The lowest BCUT2D eigenvalue weighted by Gasteiger charge is -2.43. The van der Waals surface area contributed by atoms with Gasteiger partial charge in [0.2, 0.25) is 5.91 Å². The quantitative estimate of drug-likeness (QED) is 0.613. The third kappa shape index (κ3) is 3.90. The molecule has 5 heteroatoms. The summed E-state index contributed by atoms with van der Waals surface area (Å²) >= 11 is 0. The van der Waals surface area contributed by atoms with Crippen molar-refractivity contribution in [2.24, 2.45) is 17.3 Å². The van der Waals surface area contributed by atoms with Crippen LogP contribution in [0.3, 0.4) is 0 Å². The van der Waals surface area contributed by atoms with Gasteiger partial charge < -0.3 is 14.5 Å². The number of piperidine rings is 1. The van der Waals surface area contributed by atoms with Gasteiger partial charge in [-0.3, -0.25) is 4.79 Å². The highest BCUT2D eigenvalue weighted by atomic mass is 19.1. The summed E-state index contributed by atoms with van der Waals surface area (Å²) < 4.78 is 20.8. The van der Waals surface area contributed by atoms with E-state index in [2.05, 4.69) is 17.9 Å². The predicted octanol–water partition coefficient (Wildman–Crippen LogP) is 5.32. The van der Waals surface area contributed by atoms with Gasteiger partial charge in [-0.1, -0.05) is 18.6 Å². The Morgan fingerprint density at radius 1 is 1.10 bits per heavy atom. The highest BCUT2D eigenvalue weighted by molar-refractivity contribution is 5.98. The summed E-state index contributed by atoms with van der Waals surface area (Å²) in [6.07, 6.45) is 10.7. The Kier molecular flexibility index (Phi) is 5.80. The molecule has 2 atom stereocenters. The van der Waals surface area contributed by atoms with Crippen LogP contribution in [-0.2, 0) is 9.53 Å².